The Morgan fingerprint density at radius 1 is 0.946 bits per heavy atom. The van der Waals surface area contributed by atoms with E-state index in [1.807, 2.05) is 17.0 Å². The Bertz CT molecular complexity index is 1270. The van der Waals surface area contributed by atoms with Crippen LogP contribution in [0.4, 0.5) is 11.4 Å². The number of carboxylic acid groups (broad SMARTS) is 1. The summed E-state index contributed by atoms with van der Waals surface area (Å²) in [6.45, 7) is 1.98. The molecule has 3 aliphatic rings. The number of anilines is 2. The Hall–Kier alpha value is -2.85. The van der Waals surface area contributed by atoms with Crippen molar-refractivity contribution in [1.29, 1.82) is 0 Å². The molecule has 5 rings (SSSR count). The van der Waals surface area contributed by atoms with Crippen LogP contribution in [-0.2, 0) is 25.8 Å². The number of aliphatic imine (C=N–C) groups is 1. The Labute approximate surface area is 221 Å². The number of carbonyl (C=O) groups excluding carboxylic acids is 1. The normalized spacial score (nSPS) is 24.4. The number of rotatable bonds is 7. The lowest BCUT2D eigenvalue weighted by atomic mass is 9.90. The number of thioether (sulfide) groups is 1. The van der Waals surface area contributed by atoms with E-state index in [4.69, 9.17) is 5.11 Å². The quantitative estimate of drug-likeness (QED) is 0.567. The minimum absolute atomic E-state index is 0.0175. The maximum atomic E-state index is 12.3. The molecule has 10 heteroatoms. The van der Waals surface area contributed by atoms with E-state index in [0.717, 1.165) is 43.7 Å². The lowest BCUT2D eigenvalue weighted by Gasteiger charge is -2.34. The number of nitrogens with zero attached hydrogens (tertiary/aromatic N) is 3. The summed E-state index contributed by atoms with van der Waals surface area (Å²) in [5.74, 6) is -0.806. The van der Waals surface area contributed by atoms with Crippen molar-refractivity contribution in [2.75, 3.05) is 34.4 Å². The van der Waals surface area contributed by atoms with Gasteiger partial charge in [0.1, 0.15) is 0 Å². The fourth-order valence-electron chi connectivity index (χ4n) is 5.41. The Morgan fingerprint density at radius 2 is 1.62 bits per heavy atom. The van der Waals surface area contributed by atoms with Gasteiger partial charge >= 0.3 is 5.97 Å². The number of amides is 1. The maximum Gasteiger partial charge on any atom is 0.303 e. The first-order chi connectivity index (χ1) is 17.8. The van der Waals surface area contributed by atoms with Crippen molar-refractivity contribution >= 4 is 50.0 Å². The van der Waals surface area contributed by atoms with Crippen molar-refractivity contribution in [1.82, 2.24) is 0 Å². The molecule has 3 aliphatic heterocycles. The Balaban J connectivity index is 1.28. The van der Waals surface area contributed by atoms with E-state index in [0.29, 0.717) is 11.1 Å². The highest BCUT2D eigenvalue weighted by molar-refractivity contribution is 8.16. The van der Waals surface area contributed by atoms with Crippen molar-refractivity contribution in [2.24, 2.45) is 10.9 Å². The smallest absolute Gasteiger partial charge is 0.303 e. The molecule has 1 N–H and O–H groups in total. The van der Waals surface area contributed by atoms with Gasteiger partial charge in [0.25, 0.3) is 0 Å². The SMILES string of the molecule is O=C(O)CCC(=O)N=C1S[C@H]2CS(=O)(=O)C[C@@H]2N1c1ccc(N2CCC(Cc3ccccc3)CC2)cc1. The molecule has 1 amide bonds. The van der Waals surface area contributed by atoms with Crippen LogP contribution in [0.1, 0.15) is 31.2 Å². The van der Waals surface area contributed by atoms with Crippen molar-refractivity contribution in [3.63, 3.8) is 0 Å². The van der Waals surface area contributed by atoms with Crippen LogP contribution in [0.15, 0.2) is 59.6 Å². The second kappa shape index (κ2) is 10.9. The summed E-state index contributed by atoms with van der Waals surface area (Å²) >= 11 is 1.30. The molecule has 0 radical (unpaired) electrons. The molecule has 37 heavy (non-hydrogen) atoms. The van der Waals surface area contributed by atoms with E-state index in [-0.39, 0.29) is 35.6 Å². The summed E-state index contributed by atoms with van der Waals surface area (Å²) in [5, 5.41) is 9.13. The molecule has 0 aromatic heterocycles. The summed E-state index contributed by atoms with van der Waals surface area (Å²) in [5.41, 5.74) is 3.31. The van der Waals surface area contributed by atoms with Crippen LogP contribution in [0, 0.1) is 5.92 Å². The van der Waals surface area contributed by atoms with Gasteiger partial charge in [-0.1, -0.05) is 42.1 Å². The van der Waals surface area contributed by atoms with Crippen LogP contribution in [0.2, 0.25) is 0 Å². The van der Waals surface area contributed by atoms with Crippen molar-refractivity contribution in [3.05, 3.63) is 60.2 Å². The molecule has 0 bridgehead atoms. The average Bonchev–Trinajstić information content (AvgIpc) is 3.34. The van der Waals surface area contributed by atoms with Crippen LogP contribution in [0.5, 0.6) is 0 Å². The van der Waals surface area contributed by atoms with Gasteiger partial charge in [0.2, 0.25) is 5.91 Å². The van der Waals surface area contributed by atoms with Crippen molar-refractivity contribution < 1.29 is 23.1 Å². The fraction of sp³-hybridized carbons (Fsp3) is 0.444. The summed E-state index contributed by atoms with van der Waals surface area (Å²) in [4.78, 5) is 31.6. The number of sulfone groups is 1. The molecule has 2 aromatic carbocycles. The molecule has 8 nitrogen and oxygen atoms in total. The summed E-state index contributed by atoms with van der Waals surface area (Å²) < 4.78 is 24.6. The second-order valence-electron chi connectivity index (χ2n) is 9.99. The third-order valence-electron chi connectivity index (χ3n) is 7.31. The summed E-state index contributed by atoms with van der Waals surface area (Å²) in [7, 11) is -3.16. The molecule has 3 fully saturated rings. The van der Waals surface area contributed by atoms with Crippen molar-refractivity contribution in [3.8, 4) is 0 Å². The monoisotopic (exact) mass is 541 g/mol. The zero-order chi connectivity index (χ0) is 26.0. The molecule has 0 unspecified atom stereocenters. The number of carboxylic acids is 1. The molecule has 2 aromatic rings. The molecule has 0 saturated carbocycles. The van der Waals surface area contributed by atoms with E-state index in [2.05, 4.69) is 52.4 Å². The number of benzene rings is 2. The first-order valence-electron chi connectivity index (χ1n) is 12.7. The van der Waals surface area contributed by atoms with Crippen LogP contribution < -0.4 is 9.80 Å². The summed E-state index contributed by atoms with van der Waals surface area (Å²) in [6, 6.07) is 18.4. The van der Waals surface area contributed by atoms with E-state index in [1.54, 1.807) is 0 Å². The number of fused-ring (bicyclic) bond motifs is 1. The van der Waals surface area contributed by atoms with Crippen molar-refractivity contribution in [2.45, 2.75) is 43.4 Å². The van der Waals surface area contributed by atoms with Gasteiger partial charge in [-0.15, -0.1) is 0 Å². The number of hydrogen-bond donors (Lipinski definition) is 1. The first kappa shape index (κ1) is 25.8. The highest BCUT2D eigenvalue weighted by atomic mass is 32.2. The van der Waals surface area contributed by atoms with Gasteiger partial charge in [0, 0.05) is 36.1 Å². The number of hydrogen-bond acceptors (Lipinski definition) is 6. The standard InChI is InChI=1S/C27H31N3O5S2/c31-25(10-11-26(32)33)28-27-30(23-17-37(34,35)18-24(23)36-27)22-8-6-21(7-9-22)29-14-12-20(13-15-29)16-19-4-2-1-3-5-19/h1-9,20,23-24H,10-18H2,(H,32,33)/t23-,24-/m0/s1. The molecular weight excluding hydrogens is 510 g/mol. The van der Waals surface area contributed by atoms with Gasteiger partial charge in [0.15, 0.2) is 15.0 Å². The molecular formula is C27H31N3O5S2. The Morgan fingerprint density at radius 3 is 2.30 bits per heavy atom. The minimum Gasteiger partial charge on any atom is -0.481 e. The van der Waals surface area contributed by atoms with Gasteiger partial charge in [-0.05, 0) is 55.0 Å². The van der Waals surface area contributed by atoms with Gasteiger partial charge in [-0.3, -0.25) is 9.59 Å². The third kappa shape index (κ3) is 6.18. The lowest BCUT2D eigenvalue weighted by Crippen LogP contribution is -2.38. The third-order valence-corrected chi connectivity index (χ3v) is 10.5. The molecule has 2 atom stereocenters. The molecule has 3 heterocycles. The van der Waals surface area contributed by atoms with Crippen LogP contribution in [-0.4, -0.2) is 66.5 Å². The molecule has 196 valence electrons. The zero-order valence-corrected chi connectivity index (χ0v) is 22.2. The molecule has 0 aliphatic carbocycles. The number of piperidine rings is 1. The van der Waals surface area contributed by atoms with Crippen LogP contribution >= 0.6 is 11.8 Å². The van der Waals surface area contributed by atoms with Gasteiger partial charge in [-0.25, -0.2) is 8.42 Å². The summed E-state index contributed by atoms with van der Waals surface area (Å²) in [6.07, 6.45) is 2.92. The lowest BCUT2D eigenvalue weighted by molar-refractivity contribution is -0.138. The average molecular weight is 542 g/mol. The van der Waals surface area contributed by atoms with Gasteiger partial charge in [-0.2, -0.15) is 4.99 Å². The van der Waals surface area contributed by atoms with E-state index in [9.17, 15) is 18.0 Å². The highest BCUT2D eigenvalue weighted by Crippen LogP contribution is 2.41. The van der Waals surface area contributed by atoms with Gasteiger partial charge < -0.3 is 14.9 Å². The zero-order valence-electron chi connectivity index (χ0n) is 20.5. The predicted octanol–water partition coefficient (Wildman–Crippen LogP) is 3.61. The van der Waals surface area contributed by atoms with E-state index < -0.39 is 21.7 Å². The number of amidine groups is 1. The topological polar surface area (TPSA) is 107 Å². The van der Waals surface area contributed by atoms with E-state index >= 15 is 0 Å². The largest absolute Gasteiger partial charge is 0.481 e. The second-order valence-corrected chi connectivity index (χ2v) is 13.3. The first-order valence-corrected chi connectivity index (χ1v) is 15.4. The molecule has 0 spiro atoms. The Kier molecular flexibility index (Phi) is 7.57. The number of aliphatic carboxylic acids is 1. The fourth-order valence-corrected chi connectivity index (χ4v) is 9.34. The molecule has 3 saturated heterocycles. The number of carbonyl (C=O) groups is 2. The maximum absolute atomic E-state index is 12.3. The highest BCUT2D eigenvalue weighted by Gasteiger charge is 2.49. The van der Waals surface area contributed by atoms with Crippen LogP contribution in [0.25, 0.3) is 0 Å². The predicted molar refractivity (Wildman–Crippen MR) is 147 cm³/mol. The van der Waals surface area contributed by atoms with E-state index in [1.165, 1.54) is 17.3 Å². The van der Waals surface area contributed by atoms with Gasteiger partial charge in [0.05, 0.1) is 24.0 Å². The minimum atomic E-state index is -3.16. The van der Waals surface area contributed by atoms with Crippen LogP contribution in [0.3, 0.4) is 0 Å².